The summed E-state index contributed by atoms with van der Waals surface area (Å²) in [5.74, 6) is 0.508. The highest BCUT2D eigenvalue weighted by atomic mass is 19.4. The maximum Gasteiger partial charge on any atom is 0.416 e. The first-order valence-electron chi connectivity index (χ1n) is 9.37. The van der Waals surface area contributed by atoms with E-state index in [4.69, 9.17) is 0 Å². The summed E-state index contributed by atoms with van der Waals surface area (Å²) >= 11 is 0. The molecule has 0 saturated carbocycles. The normalized spacial score (nSPS) is 18.4. The number of hydrogen-bond donors (Lipinski definition) is 0. The van der Waals surface area contributed by atoms with Crippen molar-refractivity contribution in [1.82, 2.24) is 0 Å². The van der Waals surface area contributed by atoms with Gasteiger partial charge in [0, 0.05) is 18.3 Å². The Balaban J connectivity index is 1.74. The Labute approximate surface area is 153 Å². The molecule has 0 aromatic heterocycles. The van der Waals surface area contributed by atoms with Gasteiger partial charge in [0.2, 0.25) is 0 Å². The van der Waals surface area contributed by atoms with Crippen molar-refractivity contribution in [3.05, 3.63) is 65.2 Å². The number of nitrogens with zero attached hydrogens (tertiary/aromatic N) is 1. The molecule has 4 heteroatoms. The predicted octanol–water partition coefficient (Wildman–Crippen LogP) is 6.43. The van der Waals surface area contributed by atoms with E-state index in [1.165, 1.54) is 29.8 Å². The highest BCUT2D eigenvalue weighted by molar-refractivity contribution is 5.49. The molecule has 1 fully saturated rings. The van der Waals surface area contributed by atoms with Crippen LogP contribution >= 0.6 is 0 Å². The molecule has 26 heavy (non-hydrogen) atoms. The zero-order chi connectivity index (χ0) is 18.7. The van der Waals surface area contributed by atoms with E-state index < -0.39 is 11.7 Å². The van der Waals surface area contributed by atoms with E-state index in [-0.39, 0.29) is 0 Å². The summed E-state index contributed by atoms with van der Waals surface area (Å²) in [6, 6.07) is 14.7. The predicted molar refractivity (Wildman–Crippen MR) is 101 cm³/mol. The molecular formula is C22H26F3N. The summed E-state index contributed by atoms with van der Waals surface area (Å²) in [7, 11) is 0. The Morgan fingerprint density at radius 2 is 1.62 bits per heavy atom. The molecule has 1 aliphatic heterocycles. The minimum absolute atomic E-state index is 0.338. The third-order valence-corrected chi connectivity index (χ3v) is 5.27. The lowest BCUT2D eigenvalue weighted by Crippen LogP contribution is -2.41. The van der Waals surface area contributed by atoms with Gasteiger partial charge in [0.15, 0.2) is 0 Å². The van der Waals surface area contributed by atoms with Gasteiger partial charge in [0.05, 0.1) is 5.56 Å². The lowest BCUT2D eigenvalue weighted by atomic mass is 9.94. The van der Waals surface area contributed by atoms with Crippen LogP contribution in [-0.2, 0) is 12.6 Å². The van der Waals surface area contributed by atoms with Crippen LogP contribution in [0.4, 0.5) is 18.9 Å². The molecule has 1 saturated heterocycles. The molecule has 3 rings (SSSR count). The van der Waals surface area contributed by atoms with Gasteiger partial charge in [-0.1, -0.05) is 38.1 Å². The van der Waals surface area contributed by atoms with E-state index in [1.807, 2.05) is 0 Å². The molecular weight excluding hydrogens is 335 g/mol. The number of benzene rings is 2. The largest absolute Gasteiger partial charge is 0.416 e. The Bertz CT molecular complexity index is 702. The molecule has 1 heterocycles. The maximum absolute atomic E-state index is 12.7. The second-order valence-corrected chi connectivity index (χ2v) is 7.49. The molecule has 0 radical (unpaired) electrons. The molecule has 0 spiro atoms. The van der Waals surface area contributed by atoms with Crippen molar-refractivity contribution < 1.29 is 13.2 Å². The fourth-order valence-corrected chi connectivity index (χ4v) is 3.71. The zero-order valence-corrected chi connectivity index (χ0v) is 15.4. The summed E-state index contributed by atoms with van der Waals surface area (Å²) in [5, 5.41) is 0. The van der Waals surface area contributed by atoms with Crippen LogP contribution in [0, 0.1) is 0 Å². The average Bonchev–Trinajstić information content (AvgIpc) is 2.62. The van der Waals surface area contributed by atoms with E-state index in [2.05, 4.69) is 43.0 Å². The molecule has 1 aliphatic rings. The zero-order valence-electron chi connectivity index (χ0n) is 15.4. The van der Waals surface area contributed by atoms with Gasteiger partial charge in [-0.2, -0.15) is 13.2 Å². The van der Waals surface area contributed by atoms with Crippen molar-refractivity contribution in [2.24, 2.45) is 0 Å². The van der Waals surface area contributed by atoms with Crippen LogP contribution in [0.25, 0.3) is 0 Å². The summed E-state index contributed by atoms with van der Waals surface area (Å²) in [5.41, 5.74) is 2.93. The first-order chi connectivity index (χ1) is 12.3. The van der Waals surface area contributed by atoms with Crippen molar-refractivity contribution >= 4 is 5.69 Å². The fraction of sp³-hybridized carbons (Fsp3) is 0.455. The first-order valence-corrected chi connectivity index (χ1v) is 9.37. The van der Waals surface area contributed by atoms with Crippen LogP contribution in [0.3, 0.4) is 0 Å². The van der Waals surface area contributed by atoms with Crippen molar-refractivity contribution in [3.63, 3.8) is 0 Å². The molecule has 0 unspecified atom stereocenters. The lowest BCUT2D eigenvalue weighted by molar-refractivity contribution is -0.137. The van der Waals surface area contributed by atoms with Crippen LogP contribution in [0.15, 0.2) is 48.5 Å². The summed E-state index contributed by atoms with van der Waals surface area (Å²) in [4.78, 5) is 2.42. The van der Waals surface area contributed by atoms with Crippen molar-refractivity contribution in [3.8, 4) is 0 Å². The van der Waals surface area contributed by atoms with Crippen LogP contribution in [0.5, 0.6) is 0 Å². The number of halogens is 3. The van der Waals surface area contributed by atoms with Gasteiger partial charge in [-0.25, -0.2) is 0 Å². The molecule has 2 aromatic carbocycles. The molecule has 2 aromatic rings. The topological polar surface area (TPSA) is 3.24 Å². The third-order valence-electron chi connectivity index (χ3n) is 5.27. The van der Waals surface area contributed by atoms with Crippen LogP contribution < -0.4 is 4.90 Å². The van der Waals surface area contributed by atoms with E-state index in [9.17, 15) is 13.2 Å². The van der Waals surface area contributed by atoms with E-state index >= 15 is 0 Å². The SMILES string of the molecule is CC(C)c1ccc(N2CCCC[C@@H]2Cc2ccc(C(F)(F)F)cc2)cc1. The smallest absolute Gasteiger partial charge is 0.368 e. The third kappa shape index (κ3) is 4.40. The molecule has 0 N–H and O–H groups in total. The maximum atomic E-state index is 12.7. The van der Waals surface area contributed by atoms with Crippen LogP contribution in [0.1, 0.15) is 55.7 Å². The highest BCUT2D eigenvalue weighted by Crippen LogP contribution is 2.31. The Hall–Kier alpha value is -1.97. The average molecular weight is 361 g/mol. The monoisotopic (exact) mass is 361 g/mol. The molecule has 0 bridgehead atoms. The van der Waals surface area contributed by atoms with E-state index in [0.717, 1.165) is 31.4 Å². The number of rotatable bonds is 4. The minimum atomic E-state index is -4.27. The minimum Gasteiger partial charge on any atom is -0.368 e. The van der Waals surface area contributed by atoms with E-state index in [0.29, 0.717) is 12.0 Å². The molecule has 0 amide bonds. The second-order valence-electron chi connectivity index (χ2n) is 7.49. The van der Waals surface area contributed by atoms with Gasteiger partial charge in [0.1, 0.15) is 0 Å². The fourth-order valence-electron chi connectivity index (χ4n) is 3.71. The molecule has 0 aliphatic carbocycles. The van der Waals surface area contributed by atoms with Gasteiger partial charge in [-0.3, -0.25) is 0 Å². The van der Waals surface area contributed by atoms with Crippen molar-refractivity contribution in [1.29, 1.82) is 0 Å². The summed E-state index contributed by atoms with van der Waals surface area (Å²) in [6.07, 6.45) is -0.0775. The Morgan fingerprint density at radius 1 is 0.962 bits per heavy atom. The summed E-state index contributed by atoms with van der Waals surface area (Å²) < 4.78 is 38.2. The number of alkyl halides is 3. The van der Waals surface area contributed by atoms with Gasteiger partial charge in [-0.05, 0) is 67.0 Å². The van der Waals surface area contributed by atoms with Crippen molar-refractivity contribution in [2.45, 2.75) is 57.7 Å². The van der Waals surface area contributed by atoms with Gasteiger partial charge in [-0.15, -0.1) is 0 Å². The van der Waals surface area contributed by atoms with Gasteiger partial charge < -0.3 is 4.90 Å². The Morgan fingerprint density at radius 3 is 2.19 bits per heavy atom. The molecule has 1 nitrogen and oxygen atoms in total. The van der Waals surface area contributed by atoms with E-state index in [1.54, 1.807) is 12.1 Å². The Kier molecular flexibility index (Phi) is 5.59. The highest BCUT2D eigenvalue weighted by Gasteiger charge is 2.30. The molecule has 1 atom stereocenters. The lowest BCUT2D eigenvalue weighted by Gasteiger charge is -2.38. The van der Waals surface area contributed by atoms with Crippen LogP contribution in [-0.4, -0.2) is 12.6 Å². The van der Waals surface area contributed by atoms with Crippen molar-refractivity contribution in [2.75, 3.05) is 11.4 Å². The van der Waals surface area contributed by atoms with Gasteiger partial charge in [0.25, 0.3) is 0 Å². The standard InChI is InChI=1S/C22H26F3N/c1-16(2)18-8-12-20(13-9-18)26-14-4-3-5-21(26)15-17-6-10-19(11-7-17)22(23,24)25/h6-13,16,21H,3-5,14-15H2,1-2H3/t21-/m1/s1. The summed E-state index contributed by atoms with van der Waals surface area (Å²) in [6.45, 7) is 5.37. The second kappa shape index (κ2) is 7.73. The van der Waals surface area contributed by atoms with Gasteiger partial charge >= 0.3 is 6.18 Å². The number of hydrogen-bond acceptors (Lipinski definition) is 1. The van der Waals surface area contributed by atoms with Crippen LogP contribution in [0.2, 0.25) is 0 Å². The quantitative estimate of drug-likeness (QED) is 0.606. The number of piperidine rings is 1. The number of anilines is 1. The first kappa shape index (κ1) is 18.8. The molecule has 140 valence electrons.